The Balaban J connectivity index is 0.00000481. The first-order valence-electron chi connectivity index (χ1n) is 11.1. The fourth-order valence-electron chi connectivity index (χ4n) is 3.28. The number of aliphatic hydroxyl groups excluding tert-OH is 1. The molecular weight excluding hydrogens is 474 g/mol. The first-order valence-corrected chi connectivity index (χ1v) is 11.1. The minimum Gasteiger partial charge on any atom is -0.504 e. The molecule has 0 spiro atoms. The van der Waals surface area contributed by atoms with E-state index in [9.17, 15) is 24.9 Å². The highest BCUT2D eigenvalue weighted by Crippen LogP contribution is 2.24. The minimum atomic E-state index is -1.29. The Labute approximate surface area is 215 Å². The summed E-state index contributed by atoms with van der Waals surface area (Å²) >= 11 is 0. The molecule has 3 aromatic rings. The summed E-state index contributed by atoms with van der Waals surface area (Å²) in [6.07, 6.45) is -1.19. The van der Waals surface area contributed by atoms with E-state index >= 15 is 0 Å². The number of rotatable bonds is 8. The second kappa shape index (κ2) is 13.7. The van der Waals surface area contributed by atoms with Gasteiger partial charge >= 0.3 is 0 Å². The van der Waals surface area contributed by atoms with Gasteiger partial charge in [-0.15, -0.1) is 0 Å². The average Bonchev–Trinajstić information content (AvgIpc) is 2.88. The maximum atomic E-state index is 12.3. The quantitative estimate of drug-likeness (QED) is 0.107. The van der Waals surface area contributed by atoms with Crippen molar-refractivity contribution in [1.29, 1.82) is 0 Å². The number of hydrogen-bond donors (Lipinski definition) is 7. The molecule has 9 heteroatoms. The molecule has 0 saturated heterocycles. The predicted octanol–water partition coefficient (Wildman–Crippen LogP) is 2.41. The third kappa shape index (κ3) is 8.37. The molecule has 0 aliphatic rings. The second-order valence-electron chi connectivity index (χ2n) is 8.12. The van der Waals surface area contributed by atoms with Crippen molar-refractivity contribution in [1.82, 2.24) is 16.1 Å². The van der Waals surface area contributed by atoms with E-state index in [1.807, 2.05) is 24.3 Å². The van der Waals surface area contributed by atoms with Crippen molar-refractivity contribution in [3.8, 4) is 23.3 Å². The summed E-state index contributed by atoms with van der Waals surface area (Å²) in [4.78, 5) is 23.9. The lowest BCUT2D eigenvalue weighted by atomic mass is 10.1. The van der Waals surface area contributed by atoms with Gasteiger partial charge in [-0.3, -0.25) is 14.8 Å². The van der Waals surface area contributed by atoms with Gasteiger partial charge in [-0.05, 0) is 66.6 Å². The van der Waals surface area contributed by atoms with E-state index in [1.54, 1.807) is 30.3 Å². The summed E-state index contributed by atoms with van der Waals surface area (Å²) in [6.45, 7) is 2.48. The summed E-state index contributed by atoms with van der Waals surface area (Å²) in [5, 5.41) is 42.9. The van der Waals surface area contributed by atoms with Crippen molar-refractivity contribution in [3.05, 3.63) is 94.5 Å². The minimum absolute atomic E-state index is 0. The van der Waals surface area contributed by atoms with Crippen molar-refractivity contribution >= 4 is 11.8 Å². The molecule has 194 valence electrons. The van der Waals surface area contributed by atoms with Crippen LogP contribution < -0.4 is 16.1 Å². The summed E-state index contributed by atoms with van der Waals surface area (Å²) in [5.74, 6) is 4.31. The van der Waals surface area contributed by atoms with Crippen LogP contribution in [0.3, 0.4) is 0 Å². The van der Waals surface area contributed by atoms with E-state index in [0.29, 0.717) is 18.7 Å². The Bertz CT molecular complexity index is 1260. The number of aliphatic hydroxyl groups is 1. The molecule has 9 nitrogen and oxygen atoms in total. The van der Waals surface area contributed by atoms with Gasteiger partial charge in [-0.25, -0.2) is 5.48 Å². The summed E-state index contributed by atoms with van der Waals surface area (Å²) < 4.78 is 0. The maximum Gasteiger partial charge on any atom is 0.268 e. The highest BCUT2D eigenvalue weighted by molar-refractivity contribution is 5.97. The topological polar surface area (TPSA) is 151 Å². The highest BCUT2D eigenvalue weighted by atomic mass is 16.5. The van der Waals surface area contributed by atoms with E-state index in [4.69, 9.17) is 5.21 Å². The zero-order valence-corrected chi connectivity index (χ0v) is 19.5. The van der Waals surface area contributed by atoms with E-state index < -0.39 is 24.0 Å². The fraction of sp³-hybridized carbons (Fsp3) is 0.214. The third-order valence-electron chi connectivity index (χ3n) is 5.31. The van der Waals surface area contributed by atoms with Gasteiger partial charge < -0.3 is 26.0 Å². The Morgan fingerprint density at radius 3 is 1.92 bits per heavy atom. The van der Waals surface area contributed by atoms with Gasteiger partial charge in [0.2, 0.25) is 0 Å². The van der Waals surface area contributed by atoms with Crippen molar-refractivity contribution in [2.75, 3.05) is 0 Å². The first-order chi connectivity index (χ1) is 17.3. The molecule has 7 N–H and O–H groups in total. The molecule has 0 bridgehead atoms. The molecule has 0 saturated carbocycles. The van der Waals surface area contributed by atoms with Crippen LogP contribution in [-0.2, 0) is 17.9 Å². The van der Waals surface area contributed by atoms with Crippen LogP contribution in [0.2, 0.25) is 0 Å². The molecule has 0 aliphatic heterocycles. The van der Waals surface area contributed by atoms with E-state index in [1.165, 1.54) is 24.5 Å². The second-order valence-corrected chi connectivity index (χ2v) is 8.12. The van der Waals surface area contributed by atoms with Crippen LogP contribution in [-0.4, -0.2) is 44.5 Å². The molecule has 37 heavy (non-hydrogen) atoms. The van der Waals surface area contributed by atoms with Gasteiger partial charge in [0, 0.05) is 29.8 Å². The molecular formula is C28H31N3O6. The lowest BCUT2D eigenvalue weighted by molar-refractivity contribution is -0.133. The predicted molar refractivity (Wildman–Crippen MR) is 139 cm³/mol. The van der Waals surface area contributed by atoms with Crippen molar-refractivity contribution in [2.24, 2.45) is 0 Å². The number of phenolic OH excluding ortho intramolecular Hbond substituents is 2. The number of amides is 2. The highest BCUT2D eigenvalue weighted by Gasteiger charge is 2.25. The lowest BCUT2D eigenvalue weighted by Crippen LogP contribution is -2.51. The molecule has 0 fully saturated rings. The zero-order chi connectivity index (χ0) is 26.1. The van der Waals surface area contributed by atoms with Crippen molar-refractivity contribution < 1.29 is 30.1 Å². The summed E-state index contributed by atoms with van der Waals surface area (Å²) in [7, 11) is 0. The van der Waals surface area contributed by atoms with Crippen molar-refractivity contribution in [3.63, 3.8) is 0 Å². The van der Waals surface area contributed by atoms with Crippen LogP contribution in [0, 0.1) is 11.8 Å². The summed E-state index contributed by atoms with van der Waals surface area (Å²) in [6, 6.07) is 17.6. The number of aromatic hydroxyl groups is 2. The monoisotopic (exact) mass is 505 g/mol. The van der Waals surface area contributed by atoms with Crippen LogP contribution in [0.1, 0.15) is 47.0 Å². The Morgan fingerprint density at radius 2 is 1.38 bits per heavy atom. The van der Waals surface area contributed by atoms with Gasteiger partial charge in [0.05, 0.1) is 6.10 Å². The van der Waals surface area contributed by atoms with Gasteiger partial charge in [-0.2, -0.15) is 0 Å². The number of nitrogens with one attached hydrogen (secondary N) is 3. The van der Waals surface area contributed by atoms with Crippen molar-refractivity contribution in [2.45, 2.75) is 39.6 Å². The van der Waals surface area contributed by atoms with E-state index in [0.717, 1.165) is 16.7 Å². The molecule has 0 aliphatic carbocycles. The summed E-state index contributed by atoms with van der Waals surface area (Å²) in [5.41, 5.74) is 5.11. The number of hydroxylamine groups is 1. The first kappa shape index (κ1) is 28.9. The molecule has 2 atom stereocenters. The lowest BCUT2D eigenvalue weighted by Gasteiger charge is -2.19. The largest absolute Gasteiger partial charge is 0.504 e. The van der Waals surface area contributed by atoms with E-state index in [-0.39, 0.29) is 24.5 Å². The van der Waals surface area contributed by atoms with Gasteiger partial charge in [0.15, 0.2) is 11.5 Å². The number of carbonyl (C=O) groups is 2. The van der Waals surface area contributed by atoms with Crippen LogP contribution in [0.4, 0.5) is 0 Å². The smallest absolute Gasteiger partial charge is 0.268 e. The number of carbonyl (C=O) groups excluding carboxylic acids is 2. The van der Waals surface area contributed by atoms with E-state index in [2.05, 4.69) is 22.5 Å². The van der Waals surface area contributed by atoms with Gasteiger partial charge in [0.25, 0.3) is 11.8 Å². The normalized spacial score (nSPS) is 11.8. The fourth-order valence-corrected chi connectivity index (χ4v) is 3.28. The molecule has 0 heterocycles. The number of hydrogen-bond acceptors (Lipinski definition) is 7. The molecule has 0 aromatic heterocycles. The SMILES string of the molecule is C.C[C@@H](O)[C@H](NC(=O)c1ccc(C#Cc2ccc(CNCc3ccc(O)c(O)c3)cc2)cc1)C(=O)NO. The third-order valence-corrected chi connectivity index (χ3v) is 5.31. The number of benzene rings is 3. The Morgan fingerprint density at radius 1 is 0.838 bits per heavy atom. The van der Waals surface area contributed by atoms with Gasteiger partial charge in [0.1, 0.15) is 6.04 Å². The zero-order valence-electron chi connectivity index (χ0n) is 19.5. The maximum absolute atomic E-state index is 12.3. The van der Waals surface area contributed by atoms with Crippen LogP contribution in [0.25, 0.3) is 0 Å². The Kier molecular flexibility index (Phi) is 10.7. The molecule has 0 unspecified atom stereocenters. The molecule has 3 aromatic carbocycles. The molecule has 3 rings (SSSR count). The Hall–Kier alpha value is -4.36. The standard InChI is InChI=1S/C27H27N3O6.CH4/c1-17(31)25(27(35)30-36)29-26(34)22-11-8-19(9-12-22)3-2-18-4-6-20(7-5-18)15-28-16-21-10-13-23(32)24(33)14-21;/h4-14,17,25,28,31-33,36H,15-16H2,1H3,(H,29,34)(H,30,35);1H4/t17-,25+;/m1./s1. The van der Waals surface area contributed by atoms with Gasteiger partial charge in [-0.1, -0.05) is 37.5 Å². The van der Waals surface area contributed by atoms with Crippen LogP contribution in [0.15, 0.2) is 66.7 Å². The average molecular weight is 506 g/mol. The molecule has 0 radical (unpaired) electrons. The number of phenols is 2. The van der Waals surface area contributed by atoms with Crippen LogP contribution in [0.5, 0.6) is 11.5 Å². The van der Waals surface area contributed by atoms with Crippen LogP contribution >= 0.6 is 0 Å². The molecule has 2 amide bonds.